The van der Waals surface area contributed by atoms with Crippen molar-refractivity contribution in [1.29, 1.82) is 0 Å². The molecule has 1 aromatic rings. The number of benzene rings is 1. The minimum atomic E-state index is -0.927. The van der Waals surface area contributed by atoms with Crippen molar-refractivity contribution in [3.8, 4) is 0 Å². The van der Waals surface area contributed by atoms with Gasteiger partial charge in [0.05, 0.1) is 11.2 Å². The van der Waals surface area contributed by atoms with Gasteiger partial charge in [0.2, 0.25) is 0 Å². The molecule has 4 aliphatic carbocycles. The molecule has 3 saturated carbocycles. The number of ether oxygens (including phenoxy) is 3. The van der Waals surface area contributed by atoms with Crippen LogP contribution in [0.15, 0.2) is 52.2 Å². The maximum atomic E-state index is 13.3. The van der Waals surface area contributed by atoms with E-state index in [1.807, 2.05) is 18.2 Å². The maximum absolute atomic E-state index is 13.3. The van der Waals surface area contributed by atoms with Gasteiger partial charge in [0, 0.05) is 42.5 Å². The highest BCUT2D eigenvalue weighted by Gasteiger charge is 2.62. The Balaban J connectivity index is 1.41. The third-order valence-electron chi connectivity index (χ3n) is 12.0. The van der Waals surface area contributed by atoms with Gasteiger partial charge in [-0.3, -0.25) is 9.59 Å². The molecule has 3 fully saturated rings. The lowest BCUT2D eigenvalue weighted by Crippen LogP contribution is -2.57. The Hall–Kier alpha value is -2.45. The van der Waals surface area contributed by atoms with E-state index in [1.54, 1.807) is 26.0 Å². The number of esters is 3. The Morgan fingerprint density at radius 3 is 2.35 bits per heavy atom. The quantitative estimate of drug-likeness (QED) is 0.126. The number of carbonyl (C=O) groups is 3. The first kappa shape index (κ1) is 34.9. The summed E-state index contributed by atoms with van der Waals surface area (Å²) in [4.78, 5) is 37.5. The van der Waals surface area contributed by atoms with Gasteiger partial charge in [-0.25, -0.2) is 4.79 Å². The van der Waals surface area contributed by atoms with Crippen molar-refractivity contribution in [2.45, 2.75) is 118 Å². The molecule has 0 aromatic heterocycles. The first-order chi connectivity index (χ1) is 21.5. The largest absolute Gasteiger partial charge is 0.462 e. The second-order valence-corrected chi connectivity index (χ2v) is 16.3. The first-order valence-electron chi connectivity index (χ1n) is 17.0. The molecule has 1 aromatic carbocycles. The smallest absolute Gasteiger partial charge is 0.343 e. The van der Waals surface area contributed by atoms with Crippen LogP contribution in [0.2, 0.25) is 0 Å². The summed E-state index contributed by atoms with van der Waals surface area (Å²) < 4.78 is 18.7. The standard InChI is InChI=1S/C38H51BrO7/c1-22(33(17-18-36(4,5)43)46-35(42)25-8-11-27(39)12-9-25)30-14-15-31-29-13-10-26-20-28(44-23(2)40)21-34(45-24(3)41)38(26,7)32(29)16-19-37(30,31)6/h8-12,17,22,28-32,34,43H,13-16,18-21H2,1-7H3/b33-17-/t22-,28+,29-,30+,31-,32-,34-,37+,38-/m0/s1. The number of fused-ring (bicyclic) bond motifs is 5. The SMILES string of the molecule is CC(=O)O[C@@H]1CC2=CC[C@H]3[C@@H]4CC[C@H]([C@H](C)/C(=C/CC(C)(C)O)OC(=O)c5ccc(Br)cc5)[C@@]4(C)CC[C@@H]3[C@@]2(C)[C@@H](OC(C)=O)C1. The molecule has 4 aliphatic rings. The minimum absolute atomic E-state index is 0.00783. The summed E-state index contributed by atoms with van der Waals surface area (Å²) >= 11 is 3.43. The molecule has 8 heteroatoms. The highest BCUT2D eigenvalue weighted by molar-refractivity contribution is 9.10. The van der Waals surface area contributed by atoms with Crippen LogP contribution in [0.1, 0.15) is 110 Å². The highest BCUT2D eigenvalue weighted by Crippen LogP contribution is 2.68. The summed E-state index contributed by atoms with van der Waals surface area (Å²) in [6.07, 6.45) is 10.4. The van der Waals surface area contributed by atoms with Crippen LogP contribution in [0.4, 0.5) is 0 Å². The van der Waals surface area contributed by atoms with Gasteiger partial charge in [-0.05, 0) is 112 Å². The maximum Gasteiger partial charge on any atom is 0.343 e. The zero-order valence-corrected chi connectivity index (χ0v) is 30.0. The average Bonchev–Trinajstić information content (AvgIpc) is 3.32. The van der Waals surface area contributed by atoms with Crippen LogP contribution in [0.25, 0.3) is 0 Å². The highest BCUT2D eigenvalue weighted by atomic mass is 79.9. The zero-order valence-electron chi connectivity index (χ0n) is 28.4. The number of halogens is 1. The van der Waals surface area contributed by atoms with Gasteiger partial charge >= 0.3 is 17.9 Å². The number of allylic oxidation sites excluding steroid dienone is 2. The van der Waals surface area contributed by atoms with E-state index in [1.165, 1.54) is 19.4 Å². The van der Waals surface area contributed by atoms with Crippen LogP contribution >= 0.6 is 15.9 Å². The molecule has 0 radical (unpaired) electrons. The summed E-state index contributed by atoms with van der Waals surface area (Å²) in [6.45, 7) is 13.3. The topological polar surface area (TPSA) is 99.1 Å². The number of hydrogen-bond donors (Lipinski definition) is 1. The van der Waals surface area contributed by atoms with Gasteiger partial charge in [0.25, 0.3) is 0 Å². The Kier molecular flexibility index (Phi) is 10.0. The van der Waals surface area contributed by atoms with Crippen LogP contribution in [0.5, 0.6) is 0 Å². The van der Waals surface area contributed by atoms with Crippen LogP contribution in [0, 0.1) is 40.4 Å². The fraction of sp³-hybridized carbons (Fsp3) is 0.658. The van der Waals surface area contributed by atoms with Gasteiger partial charge in [-0.2, -0.15) is 0 Å². The molecule has 7 nitrogen and oxygen atoms in total. The number of carbonyl (C=O) groups excluding carboxylic acids is 3. The van der Waals surface area contributed by atoms with E-state index >= 15 is 0 Å². The van der Waals surface area contributed by atoms with Gasteiger partial charge < -0.3 is 19.3 Å². The van der Waals surface area contributed by atoms with Crippen molar-refractivity contribution in [3.63, 3.8) is 0 Å². The third-order valence-corrected chi connectivity index (χ3v) is 12.5. The molecule has 0 heterocycles. The lowest BCUT2D eigenvalue weighted by Gasteiger charge is -2.60. The summed E-state index contributed by atoms with van der Waals surface area (Å²) in [5.74, 6) is 1.25. The molecule has 0 saturated heterocycles. The molecule has 5 rings (SSSR count). The summed E-state index contributed by atoms with van der Waals surface area (Å²) in [5.41, 5.74) is 0.578. The van der Waals surface area contributed by atoms with Crippen LogP contribution in [-0.4, -0.2) is 40.8 Å². The van der Waals surface area contributed by atoms with Crippen molar-refractivity contribution in [2.75, 3.05) is 0 Å². The first-order valence-corrected chi connectivity index (χ1v) is 17.8. The van der Waals surface area contributed by atoms with Crippen LogP contribution in [0.3, 0.4) is 0 Å². The number of hydrogen-bond acceptors (Lipinski definition) is 7. The molecular formula is C38H51BrO7. The van der Waals surface area contributed by atoms with Crippen LogP contribution < -0.4 is 0 Å². The van der Waals surface area contributed by atoms with Gasteiger partial charge in [0.15, 0.2) is 0 Å². The Morgan fingerprint density at radius 2 is 1.72 bits per heavy atom. The monoisotopic (exact) mass is 698 g/mol. The number of aliphatic hydroxyl groups is 1. The Labute approximate surface area is 282 Å². The van der Waals surface area contributed by atoms with Crippen LogP contribution in [-0.2, 0) is 23.8 Å². The molecule has 0 spiro atoms. The van der Waals surface area contributed by atoms with Gasteiger partial charge in [-0.1, -0.05) is 48.4 Å². The van der Waals surface area contributed by atoms with E-state index in [4.69, 9.17) is 14.2 Å². The molecule has 1 N–H and O–H groups in total. The second-order valence-electron chi connectivity index (χ2n) is 15.4. The molecule has 0 bridgehead atoms. The minimum Gasteiger partial charge on any atom is -0.462 e. The molecule has 252 valence electrons. The summed E-state index contributed by atoms with van der Waals surface area (Å²) in [5, 5.41) is 10.6. The number of rotatable bonds is 8. The molecule has 0 amide bonds. The fourth-order valence-corrected chi connectivity index (χ4v) is 10.1. The van der Waals surface area contributed by atoms with Crippen molar-refractivity contribution < 1.29 is 33.7 Å². The third kappa shape index (κ3) is 6.89. The zero-order chi connectivity index (χ0) is 33.6. The van der Waals surface area contributed by atoms with E-state index in [0.717, 1.165) is 36.6 Å². The molecule has 9 atom stereocenters. The van der Waals surface area contributed by atoms with E-state index in [9.17, 15) is 19.5 Å². The molecule has 0 unspecified atom stereocenters. The van der Waals surface area contributed by atoms with Crippen molar-refractivity contribution in [2.24, 2.45) is 40.4 Å². The summed E-state index contributed by atoms with van der Waals surface area (Å²) in [7, 11) is 0. The van der Waals surface area contributed by atoms with E-state index in [-0.39, 0.29) is 46.9 Å². The van der Waals surface area contributed by atoms with Crippen molar-refractivity contribution in [1.82, 2.24) is 0 Å². The fourth-order valence-electron chi connectivity index (χ4n) is 9.84. The average molecular weight is 700 g/mol. The summed E-state index contributed by atoms with van der Waals surface area (Å²) in [6, 6.07) is 7.18. The predicted octanol–water partition coefficient (Wildman–Crippen LogP) is 8.34. The molecule has 0 aliphatic heterocycles. The molecular weight excluding hydrogens is 648 g/mol. The van der Waals surface area contributed by atoms with E-state index in [2.05, 4.69) is 42.8 Å². The second kappa shape index (κ2) is 13.2. The lowest BCUT2D eigenvalue weighted by atomic mass is 9.46. The predicted molar refractivity (Wildman–Crippen MR) is 179 cm³/mol. The lowest BCUT2D eigenvalue weighted by molar-refractivity contribution is -0.172. The van der Waals surface area contributed by atoms with Crippen molar-refractivity contribution in [3.05, 3.63) is 57.8 Å². The van der Waals surface area contributed by atoms with Gasteiger partial charge in [0.1, 0.15) is 18.0 Å². The van der Waals surface area contributed by atoms with Crippen molar-refractivity contribution >= 4 is 33.8 Å². The normalized spacial score (nSPS) is 34.7. The van der Waals surface area contributed by atoms with Gasteiger partial charge in [-0.15, -0.1) is 0 Å². The van der Waals surface area contributed by atoms with E-state index < -0.39 is 5.60 Å². The van der Waals surface area contributed by atoms with E-state index in [0.29, 0.717) is 54.3 Å². The molecule has 46 heavy (non-hydrogen) atoms. The Morgan fingerprint density at radius 1 is 1.04 bits per heavy atom. The Bertz CT molecular complexity index is 1390.